The summed E-state index contributed by atoms with van der Waals surface area (Å²) in [6.07, 6.45) is 10.1. The smallest absolute Gasteiger partial charge is 0.266 e. The molecule has 138 valence electrons. The van der Waals surface area contributed by atoms with Gasteiger partial charge in [-0.25, -0.2) is 4.98 Å². The Labute approximate surface area is 171 Å². The second-order valence-electron chi connectivity index (χ2n) is 6.80. The molecule has 0 bridgehead atoms. The highest BCUT2D eigenvalue weighted by molar-refractivity contribution is 6.33. The monoisotopic (exact) mass is 407 g/mol. The summed E-state index contributed by atoms with van der Waals surface area (Å²) in [4.78, 5) is 18.2. The molecule has 0 saturated carbocycles. The first-order valence-electron chi connectivity index (χ1n) is 8.92. The Bertz CT molecular complexity index is 1260. The highest BCUT2D eigenvalue weighted by Gasteiger charge is 2.24. The van der Waals surface area contributed by atoms with Gasteiger partial charge in [0.05, 0.1) is 22.0 Å². The van der Waals surface area contributed by atoms with E-state index in [1.807, 2.05) is 30.5 Å². The molecule has 4 nitrogen and oxygen atoms in total. The maximum Gasteiger partial charge on any atom is 0.266 e. The van der Waals surface area contributed by atoms with Crippen molar-refractivity contribution in [3.8, 4) is 11.4 Å². The summed E-state index contributed by atoms with van der Waals surface area (Å²) >= 11 is 12.6. The minimum atomic E-state index is -0.152. The summed E-state index contributed by atoms with van der Waals surface area (Å²) in [5.74, 6) is 0.682. The van der Waals surface area contributed by atoms with Gasteiger partial charge in [0.2, 0.25) is 0 Å². The van der Waals surface area contributed by atoms with Gasteiger partial charge in [-0.15, -0.1) is 0 Å². The van der Waals surface area contributed by atoms with Crippen LogP contribution in [0.1, 0.15) is 0 Å². The largest absolute Gasteiger partial charge is 0.384 e. The molecule has 28 heavy (non-hydrogen) atoms. The molecular weight excluding hydrogens is 393 g/mol. The molecule has 1 aliphatic heterocycles. The number of allylic oxidation sites excluding steroid dienone is 2. The minimum Gasteiger partial charge on any atom is -0.384 e. The number of rotatable bonds is 2. The first kappa shape index (κ1) is 17.3. The molecule has 0 amide bonds. The fourth-order valence-electron chi connectivity index (χ4n) is 3.68. The van der Waals surface area contributed by atoms with E-state index in [0.29, 0.717) is 32.3 Å². The van der Waals surface area contributed by atoms with Gasteiger partial charge < -0.3 is 5.32 Å². The second-order valence-corrected chi connectivity index (χ2v) is 7.64. The van der Waals surface area contributed by atoms with Crippen LogP contribution in [-0.4, -0.2) is 15.6 Å². The Balaban J connectivity index is 1.83. The average molecular weight is 408 g/mol. The Hall–Kier alpha value is -2.82. The van der Waals surface area contributed by atoms with Gasteiger partial charge in [0.15, 0.2) is 0 Å². The molecular formula is C22H15Cl2N3O. The number of aromatic nitrogens is 2. The van der Waals surface area contributed by atoms with E-state index in [-0.39, 0.29) is 17.5 Å². The van der Waals surface area contributed by atoms with Gasteiger partial charge in [-0.2, -0.15) is 0 Å². The van der Waals surface area contributed by atoms with E-state index in [2.05, 4.69) is 23.5 Å². The van der Waals surface area contributed by atoms with Crippen LogP contribution in [0.3, 0.4) is 0 Å². The van der Waals surface area contributed by atoms with Crippen LogP contribution in [0.4, 0.5) is 0 Å². The summed E-state index contributed by atoms with van der Waals surface area (Å²) in [6.45, 7) is 0. The van der Waals surface area contributed by atoms with E-state index in [4.69, 9.17) is 28.2 Å². The molecule has 1 aliphatic carbocycles. The zero-order valence-corrected chi connectivity index (χ0v) is 16.2. The van der Waals surface area contributed by atoms with Gasteiger partial charge in [-0.1, -0.05) is 53.6 Å². The van der Waals surface area contributed by atoms with Crippen molar-refractivity contribution in [2.24, 2.45) is 5.92 Å². The quantitative estimate of drug-likeness (QED) is 0.658. The fraction of sp³-hybridized carbons (Fsp3) is 0.0909. The number of halogens is 2. The molecule has 3 aromatic rings. The summed E-state index contributed by atoms with van der Waals surface area (Å²) in [6, 6.07) is 12.7. The third kappa shape index (κ3) is 2.77. The molecule has 1 N–H and O–H groups in total. The van der Waals surface area contributed by atoms with Gasteiger partial charge in [0.1, 0.15) is 5.82 Å². The molecule has 2 unspecified atom stereocenters. The number of nitrogens with zero attached hydrogens (tertiary/aromatic N) is 2. The topological polar surface area (TPSA) is 46.9 Å². The number of fused-ring (bicyclic) bond motifs is 2. The minimum absolute atomic E-state index is 0.152. The van der Waals surface area contributed by atoms with Crippen LogP contribution < -0.4 is 10.9 Å². The molecule has 5 rings (SSSR count). The highest BCUT2D eigenvalue weighted by atomic mass is 35.5. The molecule has 2 heterocycles. The predicted octanol–water partition coefficient (Wildman–Crippen LogP) is 4.88. The van der Waals surface area contributed by atoms with Gasteiger partial charge in [-0.05, 0) is 42.6 Å². The SMILES string of the molecule is O=c1c2ccc(Cl)cc2nc(-c2ccccc2Cl)n1C1=CC2C=CNC2C=C1. The van der Waals surface area contributed by atoms with E-state index < -0.39 is 0 Å². The van der Waals surface area contributed by atoms with Crippen molar-refractivity contribution in [2.75, 3.05) is 0 Å². The van der Waals surface area contributed by atoms with Crippen molar-refractivity contribution in [3.63, 3.8) is 0 Å². The lowest BCUT2D eigenvalue weighted by Gasteiger charge is -2.22. The lowest BCUT2D eigenvalue weighted by Crippen LogP contribution is -2.28. The number of hydrogen-bond donors (Lipinski definition) is 1. The molecule has 2 atom stereocenters. The van der Waals surface area contributed by atoms with E-state index >= 15 is 0 Å². The van der Waals surface area contributed by atoms with Crippen molar-refractivity contribution in [2.45, 2.75) is 6.04 Å². The third-order valence-electron chi connectivity index (χ3n) is 5.06. The second kappa shape index (κ2) is 6.66. The molecule has 0 saturated heterocycles. The maximum atomic E-state index is 13.5. The molecule has 2 aliphatic rings. The molecule has 0 spiro atoms. The van der Waals surface area contributed by atoms with Gasteiger partial charge >= 0.3 is 0 Å². The number of hydrogen-bond acceptors (Lipinski definition) is 3. The first-order chi connectivity index (χ1) is 13.6. The molecule has 2 aromatic carbocycles. The zero-order valence-electron chi connectivity index (χ0n) is 14.6. The molecule has 1 aromatic heterocycles. The maximum absolute atomic E-state index is 13.5. The lowest BCUT2D eigenvalue weighted by molar-refractivity contribution is 0.648. The van der Waals surface area contributed by atoms with Crippen molar-refractivity contribution < 1.29 is 0 Å². The Morgan fingerprint density at radius 3 is 2.79 bits per heavy atom. The summed E-state index contributed by atoms with van der Waals surface area (Å²) in [5, 5.41) is 4.86. The fourth-order valence-corrected chi connectivity index (χ4v) is 4.06. The molecule has 6 heteroatoms. The number of benzene rings is 2. The van der Waals surface area contributed by atoms with E-state index in [9.17, 15) is 4.79 Å². The van der Waals surface area contributed by atoms with E-state index in [1.54, 1.807) is 28.8 Å². The van der Waals surface area contributed by atoms with Crippen molar-refractivity contribution >= 4 is 39.8 Å². The van der Waals surface area contributed by atoms with Crippen LogP contribution in [0.25, 0.3) is 28.0 Å². The third-order valence-corrected chi connectivity index (χ3v) is 5.63. The van der Waals surface area contributed by atoms with Crippen molar-refractivity contribution in [3.05, 3.63) is 93.4 Å². The number of nitrogens with one attached hydrogen (secondary N) is 1. The molecule has 0 radical (unpaired) electrons. The normalized spacial score (nSPS) is 20.1. The van der Waals surface area contributed by atoms with Gasteiger partial charge in [0, 0.05) is 22.2 Å². The standard InChI is InChI=1S/C22H15Cl2N3O/c23-14-5-7-17-20(12-14)26-21(16-3-1-2-4-18(16)24)27(22(17)28)15-6-8-19-13(11-15)9-10-25-19/h1-13,19,25H. The predicted molar refractivity (Wildman–Crippen MR) is 114 cm³/mol. The van der Waals surface area contributed by atoms with Crippen LogP contribution in [0.2, 0.25) is 10.0 Å². The van der Waals surface area contributed by atoms with Crippen LogP contribution in [-0.2, 0) is 0 Å². The zero-order chi connectivity index (χ0) is 19.3. The Morgan fingerprint density at radius 1 is 1.07 bits per heavy atom. The van der Waals surface area contributed by atoms with Crippen molar-refractivity contribution in [1.29, 1.82) is 0 Å². The highest BCUT2D eigenvalue weighted by Crippen LogP contribution is 2.31. The Morgan fingerprint density at radius 2 is 1.93 bits per heavy atom. The Kier molecular flexibility index (Phi) is 4.11. The van der Waals surface area contributed by atoms with Crippen LogP contribution in [0, 0.1) is 5.92 Å². The summed E-state index contributed by atoms with van der Waals surface area (Å²) in [5.41, 5.74) is 1.86. The summed E-state index contributed by atoms with van der Waals surface area (Å²) < 4.78 is 1.64. The lowest BCUT2D eigenvalue weighted by atomic mass is 9.96. The first-order valence-corrected chi connectivity index (χ1v) is 9.68. The average Bonchev–Trinajstić information content (AvgIpc) is 3.16. The van der Waals surface area contributed by atoms with Gasteiger partial charge in [-0.3, -0.25) is 9.36 Å². The van der Waals surface area contributed by atoms with E-state index in [0.717, 1.165) is 5.70 Å². The van der Waals surface area contributed by atoms with Crippen LogP contribution in [0.5, 0.6) is 0 Å². The van der Waals surface area contributed by atoms with Gasteiger partial charge in [0.25, 0.3) is 5.56 Å². The van der Waals surface area contributed by atoms with Crippen LogP contribution >= 0.6 is 23.2 Å². The van der Waals surface area contributed by atoms with E-state index in [1.165, 1.54) is 0 Å². The molecule has 0 fully saturated rings. The van der Waals surface area contributed by atoms with Crippen molar-refractivity contribution in [1.82, 2.24) is 14.9 Å². The van der Waals surface area contributed by atoms with Crippen LogP contribution in [0.15, 0.2) is 77.8 Å². The summed E-state index contributed by atoms with van der Waals surface area (Å²) in [7, 11) is 0.